The van der Waals surface area contributed by atoms with Gasteiger partial charge in [0.05, 0.1) is 25.0 Å². The van der Waals surface area contributed by atoms with Crippen LogP contribution in [0.5, 0.6) is 5.75 Å². The maximum Gasteiger partial charge on any atom is 0.246 e. The fraction of sp³-hybridized carbons (Fsp3) is 0.593. The number of ether oxygens (including phenoxy) is 2. The van der Waals surface area contributed by atoms with Gasteiger partial charge in [-0.2, -0.15) is 0 Å². The molecule has 3 amide bonds. The molecule has 2 saturated heterocycles. The fourth-order valence-electron chi connectivity index (χ4n) is 6.33. The molecular formula is C27H35N3O5. The molecule has 1 saturated carbocycles. The van der Waals surface area contributed by atoms with Crippen LogP contribution in [0.1, 0.15) is 52.4 Å². The second-order valence-electron chi connectivity index (χ2n) is 10.3. The van der Waals surface area contributed by atoms with Crippen LogP contribution < -0.4 is 15.4 Å². The normalized spacial score (nSPS) is 32.4. The van der Waals surface area contributed by atoms with E-state index in [1.807, 2.05) is 26.0 Å². The van der Waals surface area contributed by atoms with Crippen molar-refractivity contribution in [2.75, 3.05) is 12.4 Å². The quantitative estimate of drug-likeness (QED) is 0.584. The zero-order chi connectivity index (χ0) is 24.7. The number of methoxy groups -OCH3 is 1. The third kappa shape index (κ3) is 3.92. The van der Waals surface area contributed by atoms with E-state index < -0.39 is 29.6 Å². The van der Waals surface area contributed by atoms with Crippen LogP contribution in [0.2, 0.25) is 0 Å². The maximum absolute atomic E-state index is 13.9. The maximum atomic E-state index is 13.9. The molecule has 3 aliphatic heterocycles. The number of carbonyl (C=O) groups is 3. The molecule has 188 valence electrons. The molecule has 5 rings (SSSR count). The largest absolute Gasteiger partial charge is 0.497 e. The summed E-state index contributed by atoms with van der Waals surface area (Å²) in [5.41, 5.74) is -0.536. The molecule has 2 bridgehead atoms. The minimum atomic E-state index is -1.12. The Morgan fingerprint density at radius 3 is 2.71 bits per heavy atom. The number of amides is 3. The third-order valence-electron chi connectivity index (χ3n) is 8.22. The van der Waals surface area contributed by atoms with Crippen molar-refractivity contribution in [2.45, 2.75) is 82.2 Å². The summed E-state index contributed by atoms with van der Waals surface area (Å²) in [5, 5.41) is 6.15. The highest BCUT2D eigenvalue weighted by molar-refractivity contribution is 6.03. The lowest BCUT2D eigenvalue weighted by atomic mass is 9.74. The van der Waals surface area contributed by atoms with E-state index in [0.29, 0.717) is 17.9 Å². The number of nitrogens with one attached hydrogen (secondary N) is 2. The third-order valence-corrected chi connectivity index (χ3v) is 8.22. The molecule has 0 radical (unpaired) electrons. The summed E-state index contributed by atoms with van der Waals surface area (Å²) in [6.07, 6.45) is 9.17. The summed E-state index contributed by atoms with van der Waals surface area (Å²) < 4.78 is 11.7. The van der Waals surface area contributed by atoms with Gasteiger partial charge in [0, 0.05) is 23.8 Å². The summed E-state index contributed by atoms with van der Waals surface area (Å²) in [6, 6.07) is 6.30. The zero-order valence-corrected chi connectivity index (χ0v) is 20.7. The van der Waals surface area contributed by atoms with Crippen molar-refractivity contribution in [3.63, 3.8) is 0 Å². The first-order valence-corrected chi connectivity index (χ1v) is 12.8. The van der Waals surface area contributed by atoms with Gasteiger partial charge in [-0.15, -0.1) is 0 Å². The number of rotatable bonds is 7. The van der Waals surface area contributed by atoms with E-state index in [1.165, 1.54) is 6.42 Å². The summed E-state index contributed by atoms with van der Waals surface area (Å²) >= 11 is 0. The summed E-state index contributed by atoms with van der Waals surface area (Å²) in [6.45, 7) is 3.96. The van der Waals surface area contributed by atoms with E-state index in [1.54, 1.807) is 36.3 Å². The Kier molecular flexibility index (Phi) is 6.34. The second-order valence-corrected chi connectivity index (χ2v) is 10.3. The van der Waals surface area contributed by atoms with Crippen molar-refractivity contribution >= 4 is 23.4 Å². The monoisotopic (exact) mass is 481 g/mol. The molecule has 2 N–H and O–H groups in total. The van der Waals surface area contributed by atoms with Crippen LogP contribution in [-0.4, -0.2) is 59.6 Å². The van der Waals surface area contributed by atoms with Crippen molar-refractivity contribution in [1.29, 1.82) is 0 Å². The Morgan fingerprint density at radius 2 is 2.00 bits per heavy atom. The molecule has 1 aliphatic carbocycles. The van der Waals surface area contributed by atoms with Crippen molar-refractivity contribution in [3.05, 3.63) is 36.4 Å². The van der Waals surface area contributed by atoms with E-state index in [-0.39, 0.29) is 29.8 Å². The number of likely N-dealkylation sites (tertiary alicyclic amines) is 1. The van der Waals surface area contributed by atoms with Gasteiger partial charge in [-0.05, 0) is 38.3 Å². The van der Waals surface area contributed by atoms with E-state index in [0.717, 1.165) is 25.7 Å². The first kappa shape index (κ1) is 23.9. The number of anilines is 1. The van der Waals surface area contributed by atoms with Crippen LogP contribution in [-0.2, 0) is 19.1 Å². The molecular weight excluding hydrogens is 446 g/mol. The van der Waals surface area contributed by atoms with Crippen LogP contribution in [0.15, 0.2) is 36.4 Å². The van der Waals surface area contributed by atoms with Gasteiger partial charge in [-0.3, -0.25) is 14.4 Å². The highest BCUT2D eigenvalue weighted by atomic mass is 16.5. The molecule has 3 heterocycles. The van der Waals surface area contributed by atoms with Crippen molar-refractivity contribution in [2.24, 2.45) is 11.8 Å². The van der Waals surface area contributed by atoms with E-state index in [9.17, 15) is 14.4 Å². The molecule has 1 spiro atoms. The number of fused-ring (bicyclic) bond motifs is 1. The standard InChI is InChI=1S/C27H35N3O5/c1-4-16(2)30-23(25(32)28-17-9-6-5-7-10-17)27-14-13-20(35-27)21(22(27)26(30)33)24(31)29-18-11-8-12-19(15-18)34-3/h8,11-17,20-23H,4-7,9-10H2,1-3H3,(H,28,32)(H,29,31). The molecule has 0 aromatic heterocycles. The highest BCUT2D eigenvalue weighted by Crippen LogP contribution is 2.55. The minimum absolute atomic E-state index is 0.121. The Morgan fingerprint density at radius 1 is 1.23 bits per heavy atom. The summed E-state index contributed by atoms with van der Waals surface area (Å²) in [7, 11) is 1.57. The summed E-state index contributed by atoms with van der Waals surface area (Å²) in [4.78, 5) is 42.8. The number of carbonyl (C=O) groups excluding carboxylic acids is 3. The molecule has 4 aliphatic rings. The molecule has 8 nitrogen and oxygen atoms in total. The smallest absolute Gasteiger partial charge is 0.246 e. The first-order chi connectivity index (χ1) is 16.9. The zero-order valence-electron chi connectivity index (χ0n) is 20.7. The van der Waals surface area contributed by atoms with Crippen molar-refractivity contribution < 1.29 is 23.9 Å². The highest BCUT2D eigenvalue weighted by Gasteiger charge is 2.73. The SMILES string of the molecule is CCC(C)N1C(=O)C2C(C(=O)Nc3cccc(OC)c3)C3C=CC2(O3)C1C(=O)NC1CCCCC1. The molecule has 35 heavy (non-hydrogen) atoms. The average Bonchev–Trinajstić information content (AvgIpc) is 3.51. The first-order valence-electron chi connectivity index (χ1n) is 12.8. The van der Waals surface area contributed by atoms with Crippen LogP contribution in [0, 0.1) is 11.8 Å². The van der Waals surface area contributed by atoms with Gasteiger partial charge in [0.25, 0.3) is 0 Å². The van der Waals surface area contributed by atoms with E-state index in [2.05, 4.69) is 10.6 Å². The Balaban J connectivity index is 1.44. The average molecular weight is 482 g/mol. The predicted molar refractivity (Wildman–Crippen MR) is 131 cm³/mol. The molecule has 1 aromatic carbocycles. The lowest BCUT2D eigenvalue weighted by molar-refractivity contribution is -0.143. The Labute approximate surface area is 206 Å². The lowest BCUT2D eigenvalue weighted by Crippen LogP contribution is -2.58. The van der Waals surface area contributed by atoms with Crippen LogP contribution in [0.3, 0.4) is 0 Å². The van der Waals surface area contributed by atoms with Gasteiger partial charge in [-0.25, -0.2) is 0 Å². The van der Waals surface area contributed by atoms with Gasteiger partial charge >= 0.3 is 0 Å². The van der Waals surface area contributed by atoms with Gasteiger partial charge in [0.1, 0.15) is 17.4 Å². The van der Waals surface area contributed by atoms with Gasteiger partial charge in [0.15, 0.2) is 0 Å². The summed E-state index contributed by atoms with van der Waals surface area (Å²) in [5.74, 6) is -1.46. The Hall–Kier alpha value is -2.87. The number of benzene rings is 1. The van der Waals surface area contributed by atoms with Crippen molar-refractivity contribution in [1.82, 2.24) is 10.2 Å². The van der Waals surface area contributed by atoms with E-state index in [4.69, 9.17) is 9.47 Å². The van der Waals surface area contributed by atoms with Crippen LogP contribution in [0.4, 0.5) is 5.69 Å². The predicted octanol–water partition coefficient (Wildman–Crippen LogP) is 3.03. The van der Waals surface area contributed by atoms with Gasteiger partial charge in [0.2, 0.25) is 17.7 Å². The molecule has 6 atom stereocenters. The number of hydrogen-bond donors (Lipinski definition) is 2. The van der Waals surface area contributed by atoms with E-state index >= 15 is 0 Å². The lowest BCUT2D eigenvalue weighted by Gasteiger charge is -2.36. The minimum Gasteiger partial charge on any atom is -0.497 e. The molecule has 8 heteroatoms. The van der Waals surface area contributed by atoms with Crippen molar-refractivity contribution in [3.8, 4) is 5.75 Å². The van der Waals surface area contributed by atoms with Crippen LogP contribution >= 0.6 is 0 Å². The second kappa shape index (κ2) is 9.30. The van der Waals surface area contributed by atoms with Gasteiger partial charge in [-0.1, -0.05) is 44.4 Å². The van der Waals surface area contributed by atoms with Crippen LogP contribution in [0.25, 0.3) is 0 Å². The fourth-order valence-corrected chi connectivity index (χ4v) is 6.33. The topological polar surface area (TPSA) is 97.0 Å². The molecule has 3 fully saturated rings. The number of nitrogens with zero attached hydrogens (tertiary/aromatic N) is 1. The Bertz CT molecular complexity index is 1040. The number of hydrogen-bond acceptors (Lipinski definition) is 5. The molecule has 6 unspecified atom stereocenters. The van der Waals surface area contributed by atoms with Gasteiger partial charge < -0.3 is 25.0 Å². The molecule has 1 aromatic rings.